The van der Waals surface area contributed by atoms with Crippen LogP contribution in [-0.4, -0.2) is 55.6 Å². The Morgan fingerprint density at radius 3 is 2.50 bits per heavy atom. The molecule has 2 aliphatic heterocycles. The highest BCUT2D eigenvalue weighted by atomic mass is 32.2. The summed E-state index contributed by atoms with van der Waals surface area (Å²) in [6.07, 6.45) is -2.93. The van der Waals surface area contributed by atoms with E-state index in [1.165, 1.54) is 46.8 Å². The van der Waals surface area contributed by atoms with Crippen molar-refractivity contribution < 1.29 is 35.2 Å². The molecule has 5 unspecified atom stereocenters. The Balaban J connectivity index is 1.39. The van der Waals surface area contributed by atoms with Gasteiger partial charge in [0, 0.05) is 42.3 Å². The molecule has 5 atom stereocenters. The number of halogens is 5. The third-order valence-corrected chi connectivity index (χ3v) is 10.3. The van der Waals surface area contributed by atoms with Crippen molar-refractivity contribution >= 4 is 21.6 Å². The van der Waals surface area contributed by atoms with E-state index in [4.69, 9.17) is 5.73 Å². The first kappa shape index (κ1) is 32.0. The lowest BCUT2D eigenvalue weighted by atomic mass is 9.84. The smallest absolute Gasteiger partial charge is 0.324 e. The van der Waals surface area contributed by atoms with Crippen LogP contribution >= 0.6 is 0 Å². The number of nitrogens with one attached hydrogen (secondary N) is 2. The predicted octanol–water partition coefficient (Wildman–Crippen LogP) is 4.78. The van der Waals surface area contributed by atoms with Gasteiger partial charge in [0.25, 0.3) is 0 Å². The molecule has 4 N–H and O–H groups in total. The van der Waals surface area contributed by atoms with Gasteiger partial charge in [-0.25, -0.2) is 17.2 Å². The van der Waals surface area contributed by atoms with Gasteiger partial charge in [0.05, 0.1) is 17.4 Å². The topological polar surface area (TPSA) is 105 Å². The van der Waals surface area contributed by atoms with Crippen LogP contribution in [0, 0.1) is 11.6 Å². The van der Waals surface area contributed by atoms with Crippen molar-refractivity contribution in [2.75, 3.05) is 24.2 Å². The van der Waals surface area contributed by atoms with E-state index in [9.17, 15) is 30.8 Å². The molecule has 7 nitrogen and oxygen atoms in total. The number of rotatable bonds is 8. The Morgan fingerprint density at radius 2 is 1.77 bits per heavy atom. The lowest BCUT2D eigenvalue weighted by molar-refractivity contribution is -0.137. The van der Waals surface area contributed by atoms with Crippen LogP contribution < -0.4 is 16.4 Å². The molecule has 236 valence electrons. The normalized spacial score (nSPS) is 22.9. The Labute approximate surface area is 252 Å². The van der Waals surface area contributed by atoms with Gasteiger partial charge in [-0.3, -0.25) is 4.79 Å². The Hall–Kier alpha value is -3.39. The predicted molar refractivity (Wildman–Crippen MR) is 156 cm³/mol. The maximum Gasteiger partial charge on any atom is 0.416 e. The van der Waals surface area contributed by atoms with Gasteiger partial charge in [-0.15, -0.1) is 0 Å². The average molecular weight is 637 g/mol. The van der Waals surface area contributed by atoms with Crippen LogP contribution in [0.15, 0.2) is 66.7 Å². The second-order valence-electron chi connectivity index (χ2n) is 11.3. The van der Waals surface area contributed by atoms with Crippen molar-refractivity contribution in [3.63, 3.8) is 0 Å². The number of sulfonamides is 1. The minimum Gasteiger partial charge on any atom is -0.324 e. The number of carbonyl (C=O) groups is 1. The van der Waals surface area contributed by atoms with Crippen molar-refractivity contribution in [3.05, 3.63) is 101 Å². The highest BCUT2D eigenvalue weighted by molar-refractivity contribution is 7.89. The fourth-order valence-corrected chi connectivity index (χ4v) is 7.85. The van der Waals surface area contributed by atoms with Crippen LogP contribution in [0.25, 0.3) is 0 Å². The molecular weight excluding hydrogens is 603 g/mol. The number of carbonyl (C=O) groups excluding carboxylic acids is 1. The molecule has 1 amide bonds. The number of amides is 1. The number of nitrogens with zero attached hydrogens (tertiary/aromatic N) is 1. The lowest BCUT2D eigenvalue weighted by Gasteiger charge is -2.37. The molecular formula is C31H33F5N4O3S. The number of nitrogens with two attached hydrogens (primary N) is 1. The van der Waals surface area contributed by atoms with Gasteiger partial charge in [-0.2, -0.15) is 17.5 Å². The summed E-state index contributed by atoms with van der Waals surface area (Å²) in [6.45, 7) is 0.768. The molecule has 3 aromatic rings. The summed E-state index contributed by atoms with van der Waals surface area (Å²) in [5, 5.41) is 6.01. The van der Waals surface area contributed by atoms with E-state index in [2.05, 4.69) is 10.6 Å². The first-order chi connectivity index (χ1) is 20.8. The van der Waals surface area contributed by atoms with Gasteiger partial charge in [0.2, 0.25) is 15.9 Å². The summed E-state index contributed by atoms with van der Waals surface area (Å²) in [4.78, 5) is 13.5. The second kappa shape index (κ2) is 12.9. The molecule has 0 aliphatic carbocycles. The van der Waals surface area contributed by atoms with Crippen LogP contribution in [0.4, 0.5) is 27.6 Å². The van der Waals surface area contributed by atoms with E-state index in [1.54, 1.807) is 0 Å². The number of piperazine rings is 1. The van der Waals surface area contributed by atoms with E-state index in [0.717, 1.165) is 30.7 Å². The zero-order valence-corrected chi connectivity index (χ0v) is 24.5. The monoisotopic (exact) mass is 636 g/mol. The summed E-state index contributed by atoms with van der Waals surface area (Å²) in [7, 11) is -3.45. The Bertz CT molecular complexity index is 1600. The highest BCUT2D eigenvalue weighted by Crippen LogP contribution is 2.35. The van der Waals surface area contributed by atoms with Crippen LogP contribution in [0.1, 0.15) is 47.4 Å². The number of fused-ring (bicyclic) bond motifs is 2. The molecule has 0 saturated carbocycles. The summed E-state index contributed by atoms with van der Waals surface area (Å²) < 4.78 is 96.6. The maximum absolute atomic E-state index is 15.1. The molecule has 2 bridgehead atoms. The van der Waals surface area contributed by atoms with E-state index in [-0.39, 0.29) is 41.5 Å². The Morgan fingerprint density at radius 1 is 1.05 bits per heavy atom. The number of benzene rings is 3. The van der Waals surface area contributed by atoms with Crippen molar-refractivity contribution in [3.8, 4) is 0 Å². The molecule has 0 spiro atoms. The molecule has 2 heterocycles. The highest BCUT2D eigenvalue weighted by Gasteiger charge is 2.38. The largest absolute Gasteiger partial charge is 0.416 e. The van der Waals surface area contributed by atoms with Gasteiger partial charge in [0.1, 0.15) is 11.6 Å². The van der Waals surface area contributed by atoms with E-state index < -0.39 is 57.3 Å². The minimum absolute atomic E-state index is 0.0572. The van der Waals surface area contributed by atoms with Gasteiger partial charge >= 0.3 is 6.18 Å². The molecule has 0 aromatic heterocycles. The van der Waals surface area contributed by atoms with Crippen LogP contribution in [-0.2, 0) is 27.4 Å². The summed E-state index contributed by atoms with van der Waals surface area (Å²) >= 11 is 0. The fourth-order valence-electron chi connectivity index (χ4n) is 6.04. The van der Waals surface area contributed by atoms with Gasteiger partial charge < -0.3 is 16.4 Å². The number of hydrogen-bond donors (Lipinski definition) is 3. The lowest BCUT2D eigenvalue weighted by Crippen LogP contribution is -2.57. The van der Waals surface area contributed by atoms with Crippen molar-refractivity contribution in [2.24, 2.45) is 5.73 Å². The SMILES string of the molecule is NC(C(=O)Nc1cccc(F)c1CCC1CNC2CCCS(=O)(=O)N1C2)C(c1ccc(F)cc1)c1cccc(C(F)(F)F)c1. The summed E-state index contributed by atoms with van der Waals surface area (Å²) in [5.74, 6) is -3.01. The van der Waals surface area contributed by atoms with Gasteiger partial charge in [-0.05, 0) is 67.1 Å². The molecule has 3 aromatic carbocycles. The van der Waals surface area contributed by atoms with Crippen LogP contribution in [0.5, 0.6) is 0 Å². The van der Waals surface area contributed by atoms with Crippen molar-refractivity contribution in [1.82, 2.24) is 9.62 Å². The van der Waals surface area contributed by atoms with Gasteiger partial charge in [0.15, 0.2) is 0 Å². The summed E-state index contributed by atoms with van der Waals surface area (Å²) in [5.41, 5.74) is 6.13. The molecule has 2 saturated heterocycles. The fraction of sp³-hybridized carbons (Fsp3) is 0.387. The minimum atomic E-state index is -4.65. The first-order valence-corrected chi connectivity index (χ1v) is 15.9. The summed E-state index contributed by atoms with van der Waals surface area (Å²) in [6, 6.07) is 11.7. The molecule has 13 heteroatoms. The van der Waals surface area contributed by atoms with E-state index in [0.29, 0.717) is 25.1 Å². The Kier molecular flexibility index (Phi) is 9.40. The maximum atomic E-state index is 15.1. The molecule has 44 heavy (non-hydrogen) atoms. The number of hydrogen-bond acceptors (Lipinski definition) is 5. The molecule has 5 rings (SSSR count). The standard InChI is InChI=1S/C31H33F5N4O3S/c32-22-11-9-19(10-12-22)28(20-4-1-5-21(16-20)31(34,35)36)29(37)30(41)39-27-8-2-7-26(33)25(27)14-13-24-17-38-23-6-3-15-44(42,43)40(24)18-23/h1-2,4-5,7-12,16,23-24,28-29,38H,3,6,13-15,17-18,37H2,(H,39,41). The second-order valence-corrected chi connectivity index (χ2v) is 13.3. The van der Waals surface area contributed by atoms with Crippen LogP contribution in [0.2, 0.25) is 0 Å². The van der Waals surface area contributed by atoms with Gasteiger partial charge in [-0.1, -0.05) is 36.4 Å². The van der Waals surface area contributed by atoms with Crippen molar-refractivity contribution in [1.29, 1.82) is 0 Å². The zero-order valence-electron chi connectivity index (χ0n) is 23.7. The third kappa shape index (κ3) is 7.12. The molecule has 2 fully saturated rings. The molecule has 0 radical (unpaired) electrons. The van der Waals surface area contributed by atoms with Crippen molar-refractivity contribution in [2.45, 2.75) is 55.9 Å². The van der Waals surface area contributed by atoms with E-state index in [1.807, 2.05) is 0 Å². The third-order valence-electron chi connectivity index (χ3n) is 8.33. The number of alkyl halides is 3. The first-order valence-electron chi connectivity index (χ1n) is 14.3. The molecule has 2 aliphatic rings. The van der Waals surface area contributed by atoms with E-state index >= 15 is 4.39 Å². The number of anilines is 1. The zero-order chi connectivity index (χ0) is 31.6. The quantitative estimate of drug-likeness (QED) is 0.309. The van der Waals surface area contributed by atoms with Crippen LogP contribution in [0.3, 0.4) is 0 Å². The average Bonchev–Trinajstić information content (AvgIpc) is 3.09.